The third-order valence-electron chi connectivity index (χ3n) is 3.64. The normalized spacial score (nSPS) is 14.8. The summed E-state index contributed by atoms with van der Waals surface area (Å²) in [5.74, 6) is -1.03. The zero-order valence-corrected chi connectivity index (χ0v) is 15.1. The number of aryl methyl sites for hydroxylation is 1. The summed E-state index contributed by atoms with van der Waals surface area (Å²) in [5, 5.41) is 0. The van der Waals surface area contributed by atoms with E-state index in [2.05, 4.69) is 9.46 Å². The fraction of sp³-hybridized carbons (Fsp3) is 0.500. The van der Waals surface area contributed by atoms with Crippen LogP contribution in [0.4, 0.5) is 11.4 Å². The highest BCUT2D eigenvalue weighted by Crippen LogP contribution is 2.32. The van der Waals surface area contributed by atoms with Crippen LogP contribution in [-0.4, -0.2) is 48.5 Å². The smallest absolute Gasteiger partial charge is 0.306 e. The van der Waals surface area contributed by atoms with Crippen LogP contribution in [0.5, 0.6) is 0 Å². The number of sulfonamides is 2. The first kappa shape index (κ1) is 18.5. The van der Waals surface area contributed by atoms with Crippen molar-refractivity contribution in [3.8, 4) is 0 Å². The fourth-order valence-electron chi connectivity index (χ4n) is 2.50. The molecule has 2 rings (SSSR count). The van der Waals surface area contributed by atoms with Crippen LogP contribution in [0.2, 0.25) is 0 Å². The third-order valence-corrected chi connectivity index (χ3v) is 6.11. The van der Waals surface area contributed by atoms with Gasteiger partial charge in [-0.1, -0.05) is 6.07 Å². The highest BCUT2D eigenvalue weighted by Gasteiger charge is 2.24. The van der Waals surface area contributed by atoms with Gasteiger partial charge in [0, 0.05) is 6.54 Å². The fourth-order valence-corrected chi connectivity index (χ4v) is 4.51. The summed E-state index contributed by atoms with van der Waals surface area (Å²) < 4.78 is 55.9. The largest absolute Gasteiger partial charge is 0.469 e. The number of esters is 1. The number of nitrogens with one attached hydrogen (secondary N) is 1. The molecule has 1 aliphatic heterocycles. The molecule has 0 saturated heterocycles. The zero-order chi connectivity index (χ0) is 18.0. The summed E-state index contributed by atoms with van der Waals surface area (Å²) >= 11 is 0. The van der Waals surface area contributed by atoms with Gasteiger partial charge in [-0.2, -0.15) is 0 Å². The first-order chi connectivity index (χ1) is 11.1. The maximum atomic E-state index is 12.0. The van der Waals surface area contributed by atoms with Crippen LogP contribution in [0.25, 0.3) is 0 Å². The highest BCUT2D eigenvalue weighted by molar-refractivity contribution is 7.92. The summed E-state index contributed by atoms with van der Waals surface area (Å²) in [6, 6.07) is 4.80. The molecule has 1 aliphatic rings. The lowest BCUT2D eigenvalue weighted by Gasteiger charge is -2.29. The molecule has 134 valence electrons. The number of methoxy groups -OCH3 is 1. The van der Waals surface area contributed by atoms with E-state index >= 15 is 0 Å². The first-order valence-electron chi connectivity index (χ1n) is 7.30. The Bertz CT molecular complexity index is 833. The second kappa shape index (κ2) is 6.98. The molecule has 0 radical (unpaired) electrons. The lowest BCUT2D eigenvalue weighted by molar-refractivity contribution is -0.140. The number of carbonyl (C=O) groups excluding carboxylic acids is 1. The Morgan fingerprint density at radius 1 is 1.29 bits per heavy atom. The van der Waals surface area contributed by atoms with Crippen LogP contribution in [0.1, 0.15) is 18.4 Å². The molecule has 0 fully saturated rings. The average Bonchev–Trinajstić information content (AvgIpc) is 2.50. The number of ether oxygens (including phenoxy) is 1. The standard InChI is InChI=1S/C14H20N2O6S2/c1-22-14(17)7-9-24(20,21)15-12-6-5-11-4-3-8-16(13(11)10-12)23(2,18)19/h5-6,10,15H,3-4,7-9H2,1-2H3. The molecule has 0 unspecified atom stereocenters. The van der Waals surface area contributed by atoms with Gasteiger partial charge < -0.3 is 4.74 Å². The summed E-state index contributed by atoms with van der Waals surface area (Å²) in [6.07, 6.45) is 2.31. The summed E-state index contributed by atoms with van der Waals surface area (Å²) in [6.45, 7) is 0.365. The van der Waals surface area contributed by atoms with Gasteiger partial charge in [0.25, 0.3) is 0 Å². The molecular weight excluding hydrogens is 356 g/mol. The van der Waals surface area contributed by atoms with E-state index in [0.717, 1.165) is 18.2 Å². The number of nitrogens with zero attached hydrogens (tertiary/aromatic N) is 1. The molecule has 0 bridgehead atoms. The van der Waals surface area contributed by atoms with Crippen LogP contribution < -0.4 is 9.03 Å². The van der Waals surface area contributed by atoms with E-state index in [9.17, 15) is 21.6 Å². The van der Waals surface area contributed by atoms with Crippen molar-refractivity contribution >= 4 is 37.4 Å². The van der Waals surface area contributed by atoms with Gasteiger partial charge in [0.2, 0.25) is 20.0 Å². The van der Waals surface area contributed by atoms with E-state index in [1.165, 1.54) is 17.5 Å². The molecule has 0 amide bonds. The van der Waals surface area contributed by atoms with Crippen molar-refractivity contribution in [2.24, 2.45) is 0 Å². The zero-order valence-electron chi connectivity index (χ0n) is 13.5. The van der Waals surface area contributed by atoms with Gasteiger partial charge in [-0.15, -0.1) is 0 Å². The molecule has 0 saturated carbocycles. The molecule has 0 spiro atoms. The Balaban J connectivity index is 2.23. The lowest BCUT2D eigenvalue weighted by Crippen LogP contribution is -2.34. The SMILES string of the molecule is COC(=O)CCS(=O)(=O)Nc1ccc2c(c1)N(S(C)(=O)=O)CCC2. The van der Waals surface area contributed by atoms with Gasteiger partial charge in [0.15, 0.2) is 0 Å². The second-order valence-corrected chi connectivity index (χ2v) is 9.28. The second-order valence-electron chi connectivity index (χ2n) is 5.53. The van der Waals surface area contributed by atoms with Gasteiger partial charge in [-0.25, -0.2) is 16.8 Å². The number of rotatable bonds is 6. The Hall–Kier alpha value is -1.81. The van der Waals surface area contributed by atoms with Crippen LogP contribution in [-0.2, 0) is 36.0 Å². The minimum absolute atomic E-state index is 0.258. The van der Waals surface area contributed by atoms with Gasteiger partial charge in [-0.05, 0) is 30.5 Å². The molecule has 1 N–H and O–H groups in total. The maximum absolute atomic E-state index is 12.0. The minimum atomic E-state index is -3.74. The number of benzene rings is 1. The number of fused-ring (bicyclic) bond motifs is 1. The quantitative estimate of drug-likeness (QED) is 0.732. The number of hydrogen-bond donors (Lipinski definition) is 1. The van der Waals surface area contributed by atoms with Gasteiger partial charge in [0.05, 0.1) is 36.9 Å². The molecular formula is C14H20N2O6S2. The van der Waals surface area contributed by atoms with Crippen LogP contribution in [0.3, 0.4) is 0 Å². The Morgan fingerprint density at radius 2 is 2.00 bits per heavy atom. The maximum Gasteiger partial charge on any atom is 0.306 e. The topological polar surface area (TPSA) is 110 Å². The number of carbonyl (C=O) groups is 1. The molecule has 1 aromatic carbocycles. The molecule has 1 aromatic rings. The van der Waals surface area contributed by atoms with E-state index < -0.39 is 31.8 Å². The van der Waals surface area contributed by atoms with Crippen molar-refractivity contribution in [3.63, 3.8) is 0 Å². The van der Waals surface area contributed by atoms with Gasteiger partial charge >= 0.3 is 5.97 Å². The molecule has 1 heterocycles. The number of anilines is 2. The van der Waals surface area contributed by atoms with Gasteiger partial charge in [0.1, 0.15) is 0 Å². The highest BCUT2D eigenvalue weighted by atomic mass is 32.2. The van der Waals surface area contributed by atoms with E-state index in [4.69, 9.17) is 0 Å². The predicted octanol–water partition coefficient (Wildman–Crippen LogP) is 0.704. The Morgan fingerprint density at radius 3 is 2.62 bits per heavy atom. The first-order valence-corrected chi connectivity index (χ1v) is 10.8. The third kappa shape index (κ3) is 4.60. The molecule has 0 aliphatic carbocycles. The Kier molecular flexibility index (Phi) is 5.38. The lowest BCUT2D eigenvalue weighted by atomic mass is 10.0. The van der Waals surface area contributed by atoms with Crippen molar-refractivity contribution in [2.45, 2.75) is 19.3 Å². The average molecular weight is 376 g/mol. The molecule has 24 heavy (non-hydrogen) atoms. The molecule has 0 aromatic heterocycles. The summed E-state index contributed by atoms with van der Waals surface area (Å²) in [4.78, 5) is 11.1. The number of hydrogen-bond acceptors (Lipinski definition) is 6. The van der Waals surface area contributed by atoms with E-state index in [-0.39, 0.29) is 12.1 Å². The van der Waals surface area contributed by atoms with Crippen LogP contribution in [0.15, 0.2) is 18.2 Å². The molecule has 0 atom stereocenters. The van der Waals surface area contributed by atoms with Crippen molar-refractivity contribution in [1.29, 1.82) is 0 Å². The van der Waals surface area contributed by atoms with E-state index in [1.807, 2.05) is 0 Å². The van der Waals surface area contributed by atoms with Crippen molar-refractivity contribution in [3.05, 3.63) is 23.8 Å². The summed E-state index contributed by atoms with van der Waals surface area (Å²) in [5.41, 5.74) is 1.59. The van der Waals surface area contributed by atoms with Crippen molar-refractivity contribution < 1.29 is 26.4 Å². The summed E-state index contributed by atoms with van der Waals surface area (Å²) in [7, 11) is -5.98. The molecule has 10 heteroatoms. The van der Waals surface area contributed by atoms with Crippen LogP contribution in [0, 0.1) is 0 Å². The van der Waals surface area contributed by atoms with E-state index in [1.54, 1.807) is 12.1 Å². The van der Waals surface area contributed by atoms with Gasteiger partial charge in [-0.3, -0.25) is 13.8 Å². The predicted molar refractivity (Wildman–Crippen MR) is 91.0 cm³/mol. The monoisotopic (exact) mass is 376 g/mol. The van der Waals surface area contributed by atoms with Crippen molar-refractivity contribution in [1.82, 2.24) is 0 Å². The minimum Gasteiger partial charge on any atom is -0.469 e. The van der Waals surface area contributed by atoms with E-state index in [0.29, 0.717) is 18.7 Å². The molecule has 8 nitrogen and oxygen atoms in total. The van der Waals surface area contributed by atoms with Crippen molar-refractivity contribution in [2.75, 3.05) is 34.7 Å². The Labute approximate surface area is 141 Å². The van der Waals surface area contributed by atoms with Crippen LogP contribution >= 0.6 is 0 Å².